The molecule has 0 radical (unpaired) electrons. The van der Waals surface area contributed by atoms with Gasteiger partial charge in [0.2, 0.25) is 5.91 Å². The number of nitrogens with two attached hydrogens (primary N) is 1. The number of hydrogen-bond donors (Lipinski definition) is 1. The summed E-state index contributed by atoms with van der Waals surface area (Å²) in [5.74, 6) is -0.365. The molecule has 0 saturated carbocycles. The van der Waals surface area contributed by atoms with E-state index < -0.39 is 0 Å². The Balaban J connectivity index is 2.46. The van der Waals surface area contributed by atoms with E-state index in [0.29, 0.717) is 5.56 Å². The molecule has 3 nitrogen and oxygen atoms in total. The molecule has 2 rings (SSSR count). The second-order valence-corrected chi connectivity index (χ2v) is 4.23. The van der Waals surface area contributed by atoms with Gasteiger partial charge in [-0.1, -0.05) is 31.5 Å². The molecule has 0 unspecified atom stereocenters. The lowest BCUT2D eigenvalue weighted by Crippen LogP contribution is -2.13. The molecule has 0 spiro atoms. The van der Waals surface area contributed by atoms with Crippen molar-refractivity contribution in [2.45, 2.75) is 19.8 Å². The summed E-state index contributed by atoms with van der Waals surface area (Å²) in [5, 5.41) is 0. The maximum Gasteiger partial charge on any atom is 0.248 e. The van der Waals surface area contributed by atoms with Gasteiger partial charge >= 0.3 is 0 Å². The van der Waals surface area contributed by atoms with Crippen molar-refractivity contribution in [3.05, 3.63) is 53.9 Å². The molecule has 3 heteroatoms. The lowest BCUT2D eigenvalue weighted by molar-refractivity contribution is 0.0999. The van der Waals surface area contributed by atoms with Gasteiger partial charge in [-0.3, -0.25) is 9.78 Å². The highest BCUT2D eigenvalue weighted by atomic mass is 16.1. The number of benzene rings is 1. The Labute approximate surface area is 107 Å². The molecule has 0 fully saturated rings. The topological polar surface area (TPSA) is 56.0 Å². The van der Waals surface area contributed by atoms with Gasteiger partial charge in [0.15, 0.2) is 0 Å². The van der Waals surface area contributed by atoms with Gasteiger partial charge in [-0.25, -0.2) is 0 Å². The van der Waals surface area contributed by atoms with E-state index in [2.05, 4.69) is 11.9 Å². The normalized spacial score (nSPS) is 10.3. The van der Waals surface area contributed by atoms with Gasteiger partial charge in [0.1, 0.15) is 0 Å². The highest BCUT2D eigenvalue weighted by Gasteiger charge is 2.09. The molecule has 0 atom stereocenters. The first kappa shape index (κ1) is 12.3. The largest absolute Gasteiger partial charge is 0.366 e. The zero-order valence-corrected chi connectivity index (χ0v) is 10.4. The van der Waals surface area contributed by atoms with Gasteiger partial charge < -0.3 is 5.73 Å². The average molecular weight is 240 g/mol. The van der Waals surface area contributed by atoms with Crippen molar-refractivity contribution >= 4 is 5.91 Å². The van der Waals surface area contributed by atoms with Crippen molar-refractivity contribution in [2.75, 3.05) is 0 Å². The van der Waals surface area contributed by atoms with E-state index in [1.54, 1.807) is 12.3 Å². The molecule has 0 aliphatic heterocycles. The number of aryl methyl sites for hydroxylation is 1. The predicted molar refractivity (Wildman–Crippen MR) is 72.2 cm³/mol. The second kappa shape index (κ2) is 5.45. The van der Waals surface area contributed by atoms with E-state index in [-0.39, 0.29) is 5.91 Å². The molecule has 2 N–H and O–H groups in total. The van der Waals surface area contributed by atoms with Gasteiger partial charge in [-0.05, 0) is 35.2 Å². The number of primary amides is 1. The molecule has 1 heterocycles. The van der Waals surface area contributed by atoms with E-state index >= 15 is 0 Å². The molecule has 18 heavy (non-hydrogen) atoms. The molecule has 0 bridgehead atoms. The van der Waals surface area contributed by atoms with E-state index in [0.717, 1.165) is 29.5 Å². The molecule has 1 amide bonds. The monoisotopic (exact) mass is 240 g/mol. The van der Waals surface area contributed by atoms with Crippen LogP contribution in [0.3, 0.4) is 0 Å². The number of rotatable bonds is 4. The van der Waals surface area contributed by atoms with Gasteiger partial charge in [0.25, 0.3) is 0 Å². The van der Waals surface area contributed by atoms with Crippen molar-refractivity contribution in [3.63, 3.8) is 0 Å². The number of carbonyl (C=O) groups excluding carboxylic acids is 1. The third-order valence-corrected chi connectivity index (χ3v) is 2.88. The maximum atomic E-state index is 11.4. The molecule has 2 aromatic rings. The summed E-state index contributed by atoms with van der Waals surface area (Å²) < 4.78 is 0. The Kier molecular flexibility index (Phi) is 3.72. The van der Waals surface area contributed by atoms with Gasteiger partial charge in [0, 0.05) is 18.0 Å². The van der Waals surface area contributed by atoms with Crippen molar-refractivity contribution < 1.29 is 4.79 Å². The molecule has 0 aliphatic carbocycles. The first-order valence-electron chi connectivity index (χ1n) is 6.05. The van der Waals surface area contributed by atoms with Crippen LogP contribution in [0.1, 0.15) is 29.3 Å². The maximum absolute atomic E-state index is 11.4. The number of nitrogens with zero attached hydrogens (tertiary/aromatic N) is 1. The van der Waals surface area contributed by atoms with Crippen LogP contribution >= 0.6 is 0 Å². The average Bonchev–Trinajstić information content (AvgIpc) is 2.40. The summed E-state index contributed by atoms with van der Waals surface area (Å²) >= 11 is 0. The lowest BCUT2D eigenvalue weighted by atomic mass is 9.97. The summed E-state index contributed by atoms with van der Waals surface area (Å²) in [6.07, 6.45) is 5.40. The Hall–Kier alpha value is -2.16. The van der Waals surface area contributed by atoms with E-state index in [1.165, 1.54) is 0 Å². The summed E-state index contributed by atoms with van der Waals surface area (Å²) in [6, 6.07) is 9.64. The second-order valence-electron chi connectivity index (χ2n) is 4.23. The molecule has 1 aromatic heterocycles. The standard InChI is InChI=1S/C15H16N2O/c1-2-4-12-9-11(6-7-14(12)15(16)18)13-5-3-8-17-10-13/h3,5-10H,2,4H2,1H3,(H2,16,18). The van der Waals surface area contributed by atoms with Gasteiger partial charge in [0.05, 0.1) is 0 Å². The van der Waals surface area contributed by atoms with E-state index in [1.807, 2.05) is 30.5 Å². The van der Waals surface area contributed by atoms with E-state index in [4.69, 9.17) is 5.73 Å². The van der Waals surface area contributed by atoms with Crippen LogP contribution in [0.2, 0.25) is 0 Å². The highest BCUT2D eigenvalue weighted by Crippen LogP contribution is 2.22. The molecule has 92 valence electrons. The minimum absolute atomic E-state index is 0.365. The summed E-state index contributed by atoms with van der Waals surface area (Å²) in [7, 11) is 0. The van der Waals surface area contributed by atoms with Gasteiger partial charge in [-0.15, -0.1) is 0 Å². The van der Waals surface area contributed by atoms with Crippen LogP contribution in [0.5, 0.6) is 0 Å². The van der Waals surface area contributed by atoms with Crippen LogP contribution in [-0.2, 0) is 6.42 Å². The Morgan fingerprint density at radius 3 is 2.72 bits per heavy atom. The van der Waals surface area contributed by atoms with Crippen molar-refractivity contribution in [3.8, 4) is 11.1 Å². The van der Waals surface area contributed by atoms with Crippen molar-refractivity contribution in [1.29, 1.82) is 0 Å². The summed E-state index contributed by atoms with van der Waals surface area (Å²) in [6.45, 7) is 2.08. The van der Waals surface area contributed by atoms with E-state index in [9.17, 15) is 4.79 Å². The Bertz CT molecular complexity index is 550. The number of hydrogen-bond acceptors (Lipinski definition) is 2. The molecular formula is C15H16N2O. The van der Waals surface area contributed by atoms with Crippen LogP contribution in [0.4, 0.5) is 0 Å². The molecule has 1 aromatic carbocycles. The fourth-order valence-corrected chi connectivity index (χ4v) is 2.02. The molecular weight excluding hydrogens is 224 g/mol. The first-order valence-corrected chi connectivity index (χ1v) is 6.05. The third kappa shape index (κ3) is 2.56. The first-order chi connectivity index (χ1) is 8.72. The van der Waals surface area contributed by atoms with Crippen LogP contribution in [0.15, 0.2) is 42.7 Å². The number of amides is 1. The smallest absolute Gasteiger partial charge is 0.248 e. The number of carbonyl (C=O) groups is 1. The molecule has 0 aliphatic rings. The Morgan fingerprint density at radius 2 is 2.11 bits per heavy atom. The fraction of sp³-hybridized carbons (Fsp3) is 0.200. The quantitative estimate of drug-likeness (QED) is 0.893. The van der Waals surface area contributed by atoms with Crippen molar-refractivity contribution in [1.82, 2.24) is 4.98 Å². The zero-order valence-electron chi connectivity index (χ0n) is 10.4. The zero-order chi connectivity index (χ0) is 13.0. The van der Waals surface area contributed by atoms with Crippen LogP contribution in [0, 0.1) is 0 Å². The molecule has 0 saturated heterocycles. The number of aromatic nitrogens is 1. The SMILES string of the molecule is CCCc1cc(-c2cccnc2)ccc1C(N)=O. The summed E-state index contributed by atoms with van der Waals surface area (Å²) in [4.78, 5) is 15.5. The van der Waals surface area contributed by atoms with Crippen LogP contribution < -0.4 is 5.73 Å². The Morgan fingerprint density at radius 1 is 1.28 bits per heavy atom. The van der Waals surface area contributed by atoms with Crippen LogP contribution in [-0.4, -0.2) is 10.9 Å². The fourth-order valence-electron chi connectivity index (χ4n) is 2.02. The summed E-state index contributed by atoms with van der Waals surface area (Å²) in [5.41, 5.74) is 9.12. The minimum atomic E-state index is -0.365. The van der Waals surface area contributed by atoms with Crippen LogP contribution in [0.25, 0.3) is 11.1 Å². The predicted octanol–water partition coefficient (Wildman–Crippen LogP) is 2.80. The van der Waals surface area contributed by atoms with Crippen molar-refractivity contribution in [2.24, 2.45) is 5.73 Å². The van der Waals surface area contributed by atoms with Gasteiger partial charge in [-0.2, -0.15) is 0 Å². The highest BCUT2D eigenvalue weighted by molar-refractivity contribution is 5.95. The lowest BCUT2D eigenvalue weighted by Gasteiger charge is -2.08. The third-order valence-electron chi connectivity index (χ3n) is 2.88. The number of pyridine rings is 1. The minimum Gasteiger partial charge on any atom is -0.366 e.